The van der Waals surface area contributed by atoms with Gasteiger partial charge in [0.1, 0.15) is 12.1 Å². The molecule has 0 saturated carbocycles. The Morgan fingerprint density at radius 2 is 1.94 bits per heavy atom. The van der Waals surface area contributed by atoms with Crippen molar-refractivity contribution in [3.05, 3.63) is 47.4 Å². The fraction of sp³-hybridized carbons (Fsp3) is 0.286. The van der Waals surface area contributed by atoms with Crippen LogP contribution in [0.25, 0.3) is 0 Å². The van der Waals surface area contributed by atoms with Crippen molar-refractivity contribution in [3.8, 4) is 0 Å². The molecule has 3 nitrogen and oxygen atoms in total. The number of hydrogen-bond donors (Lipinski definition) is 1. The lowest BCUT2D eigenvalue weighted by Gasteiger charge is -2.22. The Bertz CT molecular complexity index is 532. The minimum Gasteiger partial charge on any atom is -0.339 e. The lowest BCUT2D eigenvalue weighted by Crippen LogP contribution is -2.12. The molecule has 0 unspecified atom stereocenters. The Morgan fingerprint density at radius 3 is 2.56 bits per heavy atom. The molecular formula is C14H16ClN3. The normalized spacial score (nSPS) is 11.3. The third kappa shape index (κ3) is 2.79. The Balaban J connectivity index is 2.36. The van der Waals surface area contributed by atoms with Crippen molar-refractivity contribution in [2.45, 2.75) is 26.2 Å². The zero-order chi connectivity index (χ0) is 13.2. The molecule has 2 aromatic rings. The van der Waals surface area contributed by atoms with Crippen molar-refractivity contribution in [3.63, 3.8) is 0 Å². The summed E-state index contributed by atoms with van der Waals surface area (Å²) >= 11 is 6.44. The SMILES string of the molecule is CC(C)(C)c1cccc(Nc2ccncn2)c1Cl. The number of halogens is 1. The molecule has 18 heavy (non-hydrogen) atoms. The molecule has 0 amide bonds. The molecule has 0 bridgehead atoms. The van der Waals surface area contributed by atoms with E-state index in [0.29, 0.717) is 0 Å². The smallest absolute Gasteiger partial charge is 0.133 e. The van der Waals surface area contributed by atoms with Gasteiger partial charge in [-0.1, -0.05) is 44.5 Å². The summed E-state index contributed by atoms with van der Waals surface area (Å²) in [7, 11) is 0. The summed E-state index contributed by atoms with van der Waals surface area (Å²) < 4.78 is 0. The predicted octanol–water partition coefficient (Wildman–Crippen LogP) is 4.17. The van der Waals surface area contributed by atoms with Gasteiger partial charge in [-0.15, -0.1) is 0 Å². The molecule has 1 N–H and O–H groups in total. The molecule has 0 aliphatic carbocycles. The molecule has 0 fully saturated rings. The number of hydrogen-bond acceptors (Lipinski definition) is 3. The standard InChI is InChI=1S/C14H16ClN3/c1-14(2,3)10-5-4-6-11(13(10)15)18-12-7-8-16-9-17-12/h4-9H,1-3H3,(H,16,17,18). The van der Waals surface area contributed by atoms with Gasteiger partial charge in [0.15, 0.2) is 0 Å². The summed E-state index contributed by atoms with van der Waals surface area (Å²) in [5, 5.41) is 3.94. The lowest BCUT2D eigenvalue weighted by atomic mass is 9.87. The van der Waals surface area contributed by atoms with Crippen molar-refractivity contribution >= 4 is 23.1 Å². The molecule has 94 valence electrons. The molecule has 0 aliphatic heterocycles. The molecule has 0 saturated heterocycles. The van der Waals surface area contributed by atoms with Crippen LogP contribution in [0, 0.1) is 0 Å². The number of rotatable bonds is 2. The lowest BCUT2D eigenvalue weighted by molar-refractivity contribution is 0.591. The van der Waals surface area contributed by atoms with E-state index in [1.54, 1.807) is 12.3 Å². The summed E-state index contributed by atoms with van der Waals surface area (Å²) in [6, 6.07) is 7.79. The Morgan fingerprint density at radius 1 is 1.17 bits per heavy atom. The van der Waals surface area contributed by atoms with Gasteiger partial charge in [-0.25, -0.2) is 9.97 Å². The monoisotopic (exact) mass is 261 g/mol. The second-order valence-electron chi connectivity index (χ2n) is 5.14. The van der Waals surface area contributed by atoms with E-state index >= 15 is 0 Å². The highest BCUT2D eigenvalue weighted by molar-refractivity contribution is 6.34. The average Bonchev–Trinajstić information content (AvgIpc) is 2.32. The van der Waals surface area contributed by atoms with Gasteiger partial charge in [0, 0.05) is 6.20 Å². The van der Waals surface area contributed by atoms with Crippen molar-refractivity contribution in [2.75, 3.05) is 5.32 Å². The van der Waals surface area contributed by atoms with Crippen LogP contribution in [0.2, 0.25) is 5.02 Å². The summed E-state index contributed by atoms with van der Waals surface area (Å²) in [4.78, 5) is 8.01. The fourth-order valence-electron chi connectivity index (χ4n) is 1.71. The van der Waals surface area contributed by atoms with E-state index in [1.165, 1.54) is 6.33 Å². The van der Waals surface area contributed by atoms with Crippen molar-refractivity contribution in [1.82, 2.24) is 9.97 Å². The molecule has 0 aliphatic rings. The van der Waals surface area contributed by atoms with Gasteiger partial charge in [0.05, 0.1) is 10.7 Å². The molecule has 0 radical (unpaired) electrons. The highest BCUT2D eigenvalue weighted by Crippen LogP contribution is 2.35. The minimum absolute atomic E-state index is 0.0143. The summed E-state index contributed by atoms with van der Waals surface area (Å²) in [5.74, 6) is 0.734. The first-order chi connectivity index (χ1) is 8.48. The van der Waals surface area contributed by atoms with Crippen LogP contribution in [-0.4, -0.2) is 9.97 Å². The van der Waals surface area contributed by atoms with E-state index in [2.05, 4.69) is 36.1 Å². The van der Waals surface area contributed by atoms with Crippen molar-refractivity contribution in [1.29, 1.82) is 0 Å². The average molecular weight is 262 g/mol. The third-order valence-corrected chi connectivity index (χ3v) is 3.06. The van der Waals surface area contributed by atoms with Crippen LogP contribution >= 0.6 is 11.6 Å². The van der Waals surface area contributed by atoms with Crippen LogP contribution in [0.4, 0.5) is 11.5 Å². The van der Waals surface area contributed by atoms with E-state index in [1.807, 2.05) is 18.2 Å². The van der Waals surface area contributed by atoms with Crippen molar-refractivity contribution < 1.29 is 0 Å². The minimum atomic E-state index is 0.0143. The first-order valence-electron chi connectivity index (χ1n) is 5.80. The maximum atomic E-state index is 6.44. The third-order valence-electron chi connectivity index (χ3n) is 2.65. The first kappa shape index (κ1) is 12.8. The molecule has 1 aromatic carbocycles. The highest BCUT2D eigenvalue weighted by Gasteiger charge is 2.18. The van der Waals surface area contributed by atoms with Gasteiger partial charge in [-0.3, -0.25) is 0 Å². The zero-order valence-electron chi connectivity index (χ0n) is 10.7. The maximum Gasteiger partial charge on any atom is 0.133 e. The first-order valence-corrected chi connectivity index (χ1v) is 6.18. The van der Waals surface area contributed by atoms with E-state index in [9.17, 15) is 0 Å². The van der Waals surface area contributed by atoms with Gasteiger partial charge >= 0.3 is 0 Å². The molecule has 2 rings (SSSR count). The predicted molar refractivity (Wildman–Crippen MR) is 75.5 cm³/mol. The van der Waals surface area contributed by atoms with Crippen LogP contribution in [0.1, 0.15) is 26.3 Å². The largest absolute Gasteiger partial charge is 0.339 e. The Labute approximate surface area is 112 Å². The van der Waals surface area contributed by atoms with Gasteiger partial charge in [0.25, 0.3) is 0 Å². The van der Waals surface area contributed by atoms with E-state index in [4.69, 9.17) is 11.6 Å². The second-order valence-corrected chi connectivity index (χ2v) is 5.51. The molecule has 4 heteroatoms. The summed E-state index contributed by atoms with van der Waals surface area (Å²) in [6.45, 7) is 6.42. The van der Waals surface area contributed by atoms with Gasteiger partial charge < -0.3 is 5.32 Å². The Kier molecular flexibility index (Phi) is 3.53. The number of aromatic nitrogens is 2. The van der Waals surface area contributed by atoms with Gasteiger partial charge in [0.2, 0.25) is 0 Å². The van der Waals surface area contributed by atoms with Gasteiger partial charge in [-0.05, 0) is 23.1 Å². The number of nitrogens with zero attached hydrogens (tertiary/aromatic N) is 2. The molecule has 0 spiro atoms. The molecule has 1 heterocycles. The number of anilines is 2. The van der Waals surface area contributed by atoms with Crippen LogP contribution in [-0.2, 0) is 5.41 Å². The van der Waals surface area contributed by atoms with E-state index < -0.39 is 0 Å². The summed E-state index contributed by atoms with van der Waals surface area (Å²) in [6.07, 6.45) is 3.20. The highest BCUT2D eigenvalue weighted by atomic mass is 35.5. The van der Waals surface area contributed by atoms with Crippen LogP contribution in [0.5, 0.6) is 0 Å². The molecule has 1 aromatic heterocycles. The topological polar surface area (TPSA) is 37.8 Å². The van der Waals surface area contributed by atoms with Gasteiger partial charge in [-0.2, -0.15) is 0 Å². The molecular weight excluding hydrogens is 246 g/mol. The van der Waals surface area contributed by atoms with E-state index in [-0.39, 0.29) is 5.41 Å². The van der Waals surface area contributed by atoms with E-state index in [0.717, 1.165) is 22.1 Å². The fourth-order valence-corrected chi connectivity index (χ4v) is 2.17. The van der Waals surface area contributed by atoms with Crippen LogP contribution < -0.4 is 5.32 Å². The molecule has 0 atom stereocenters. The summed E-state index contributed by atoms with van der Waals surface area (Å²) in [5.41, 5.74) is 1.99. The van der Waals surface area contributed by atoms with Crippen LogP contribution in [0.3, 0.4) is 0 Å². The number of nitrogens with one attached hydrogen (secondary N) is 1. The second kappa shape index (κ2) is 4.94. The van der Waals surface area contributed by atoms with Crippen molar-refractivity contribution in [2.24, 2.45) is 0 Å². The number of benzene rings is 1. The Hall–Kier alpha value is -1.61. The van der Waals surface area contributed by atoms with Crippen LogP contribution in [0.15, 0.2) is 36.8 Å². The maximum absolute atomic E-state index is 6.44. The zero-order valence-corrected chi connectivity index (χ0v) is 11.5. The quantitative estimate of drug-likeness (QED) is 0.882.